The highest BCUT2D eigenvalue weighted by atomic mass is 16.5. The summed E-state index contributed by atoms with van der Waals surface area (Å²) in [7, 11) is 3.75. The van der Waals surface area contributed by atoms with E-state index in [1.165, 1.54) is 0 Å². The van der Waals surface area contributed by atoms with Crippen LogP contribution in [0.1, 0.15) is 17.7 Å². The summed E-state index contributed by atoms with van der Waals surface area (Å²) in [5, 5.41) is 15.8. The molecule has 40 heavy (non-hydrogen) atoms. The maximum atomic E-state index is 13.0. The number of carbonyl (C=O) groups excluding carboxylic acids is 1. The lowest BCUT2D eigenvalue weighted by Gasteiger charge is -2.16. The highest BCUT2D eigenvalue weighted by Crippen LogP contribution is 2.33. The maximum Gasteiger partial charge on any atom is 0.238 e. The van der Waals surface area contributed by atoms with Crippen molar-refractivity contribution in [3.05, 3.63) is 60.2 Å². The van der Waals surface area contributed by atoms with E-state index < -0.39 is 0 Å². The summed E-state index contributed by atoms with van der Waals surface area (Å²) in [6, 6.07) is 9.66. The lowest BCUT2D eigenvalue weighted by atomic mass is 10.1. The number of hydrogen-bond acceptors (Lipinski definition) is 8. The first-order valence-electron chi connectivity index (χ1n) is 13.2. The molecule has 1 aliphatic heterocycles. The number of carbonyl (C=O) groups is 1. The van der Waals surface area contributed by atoms with Crippen LogP contribution in [-0.4, -0.2) is 71.1 Å². The van der Waals surface area contributed by atoms with Gasteiger partial charge >= 0.3 is 0 Å². The predicted octanol–water partition coefficient (Wildman–Crippen LogP) is 3.54. The van der Waals surface area contributed by atoms with Crippen molar-refractivity contribution in [3.63, 3.8) is 0 Å². The molecule has 12 heteroatoms. The molecule has 4 aromatic heterocycles. The van der Waals surface area contributed by atoms with Crippen molar-refractivity contribution in [2.75, 3.05) is 30.3 Å². The van der Waals surface area contributed by atoms with Gasteiger partial charge < -0.3 is 20.4 Å². The van der Waals surface area contributed by atoms with Gasteiger partial charge in [0, 0.05) is 68.4 Å². The number of anilines is 3. The van der Waals surface area contributed by atoms with Crippen molar-refractivity contribution in [3.8, 4) is 17.1 Å². The van der Waals surface area contributed by atoms with Crippen molar-refractivity contribution in [1.29, 1.82) is 0 Å². The largest absolute Gasteiger partial charge is 0.473 e. The Morgan fingerprint density at radius 2 is 2.08 bits per heavy atom. The molecule has 1 atom stereocenters. The average Bonchev–Trinajstić information content (AvgIpc) is 3.71. The van der Waals surface area contributed by atoms with Crippen LogP contribution in [0.3, 0.4) is 0 Å². The van der Waals surface area contributed by atoms with Gasteiger partial charge in [-0.3, -0.25) is 14.4 Å². The molecular weight excluding hydrogens is 508 g/mol. The Kier molecular flexibility index (Phi) is 6.68. The number of amides is 1. The van der Waals surface area contributed by atoms with Crippen molar-refractivity contribution in [2.45, 2.75) is 26.4 Å². The summed E-state index contributed by atoms with van der Waals surface area (Å²) in [5.74, 6) is 1.82. The number of ether oxygens (including phenoxy) is 1. The summed E-state index contributed by atoms with van der Waals surface area (Å²) >= 11 is 0. The van der Waals surface area contributed by atoms with Gasteiger partial charge in [-0.2, -0.15) is 10.2 Å². The fourth-order valence-electron chi connectivity index (χ4n) is 5.04. The molecule has 1 aromatic carbocycles. The van der Waals surface area contributed by atoms with Crippen LogP contribution >= 0.6 is 0 Å². The highest BCUT2D eigenvalue weighted by Gasteiger charge is 2.26. The number of aromatic nitrogens is 7. The summed E-state index contributed by atoms with van der Waals surface area (Å²) in [4.78, 5) is 27.7. The van der Waals surface area contributed by atoms with Gasteiger partial charge in [-0.25, -0.2) is 14.6 Å². The molecule has 3 N–H and O–H groups in total. The predicted molar refractivity (Wildman–Crippen MR) is 153 cm³/mol. The lowest BCUT2D eigenvalue weighted by molar-refractivity contribution is -0.117. The molecule has 1 unspecified atom stereocenters. The molecule has 206 valence electrons. The van der Waals surface area contributed by atoms with E-state index in [2.05, 4.69) is 35.7 Å². The molecule has 6 rings (SSSR count). The third-order valence-electron chi connectivity index (χ3n) is 7.23. The zero-order chi connectivity index (χ0) is 27.8. The fraction of sp³-hybridized carbons (Fsp3) is 0.321. The standard InChI is InChI=1S/C28H32N10O2/c1-17-13-30-28(33-23-12-18(2)36(3)35-23)34-26(17)21-14-29-27-20(21)6-5-7-22(27)32-24(39)16-38-11-9-19(15-38)40-25-8-10-31-37(25)4/h5-8,10,12-14,19,29H,9,11,15-16H2,1-4H3,(H,32,39)(H,30,33,34,35). The van der Waals surface area contributed by atoms with E-state index in [1.54, 1.807) is 21.8 Å². The van der Waals surface area contributed by atoms with Crippen molar-refractivity contribution in [1.82, 2.24) is 39.4 Å². The summed E-state index contributed by atoms with van der Waals surface area (Å²) in [6.45, 7) is 5.76. The number of fused-ring (bicyclic) bond motifs is 1. The number of aromatic amines is 1. The summed E-state index contributed by atoms with van der Waals surface area (Å²) < 4.78 is 9.55. The Hall–Kier alpha value is -4.71. The summed E-state index contributed by atoms with van der Waals surface area (Å²) in [5.41, 5.74) is 5.28. The van der Waals surface area contributed by atoms with E-state index in [0.717, 1.165) is 58.0 Å². The van der Waals surface area contributed by atoms with Gasteiger partial charge in [0.2, 0.25) is 17.7 Å². The molecule has 5 heterocycles. The molecule has 0 bridgehead atoms. The van der Waals surface area contributed by atoms with E-state index in [4.69, 9.17) is 9.72 Å². The normalized spacial score (nSPS) is 15.6. The third kappa shape index (κ3) is 5.13. The van der Waals surface area contributed by atoms with E-state index >= 15 is 0 Å². The van der Waals surface area contributed by atoms with Crippen LogP contribution in [-0.2, 0) is 18.9 Å². The zero-order valence-electron chi connectivity index (χ0n) is 23.0. The average molecular weight is 541 g/mol. The second kappa shape index (κ2) is 10.5. The molecule has 0 saturated carbocycles. The van der Waals surface area contributed by atoms with Gasteiger partial charge in [-0.1, -0.05) is 12.1 Å². The Balaban J connectivity index is 1.15. The molecular formula is C28H32N10O2. The van der Waals surface area contributed by atoms with Gasteiger partial charge in [-0.05, 0) is 31.9 Å². The quantitative estimate of drug-likeness (QED) is 0.272. The Labute approximate surface area is 231 Å². The van der Waals surface area contributed by atoms with Crippen LogP contribution in [0.4, 0.5) is 17.5 Å². The SMILES string of the molecule is Cc1cnc(Nc2cc(C)n(C)n2)nc1-c1c[nH]c2c(NC(=O)CN3CCC(Oc4ccnn4C)C3)cccc12. The second-order valence-electron chi connectivity index (χ2n) is 10.2. The monoisotopic (exact) mass is 540 g/mol. The van der Waals surface area contributed by atoms with Gasteiger partial charge in [0.15, 0.2) is 5.82 Å². The van der Waals surface area contributed by atoms with Crippen LogP contribution in [0.2, 0.25) is 0 Å². The van der Waals surface area contributed by atoms with E-state index in [0.29, 0.717) is 24.9 Å². The fourth-order valence-corrected chi connectivity index (χ4v) is 5.04. The first-order valence-corrected chi connectivity index (χ1v) is 13.2. The minimum atomic E-state index is -0.0693. The second-order valence-corrected chi connectivity index (χ2v) is 10.2. The maximum absolute atomic E-state index is 13.0. The van der Waals surface area contributed by atoms with Gasteiger partial charge in [0.1, 0.15) is 6.10 Å². The van der Waals surface area contributed by atoms with Crippen molar-refractivity contribution >= 4 is 34.3 Å². The number of aryl methyl sites for hydroxylation is 4. The molecule has 0 spiro atoms. The number of para-hydroxylation sites is 1. The number of rotatable bonds is 8. The minimum absolute atomic E-state index is 0.0368. The lowest BCUT2D eigenvalue weighted by Crippen LogP contribution is -2.33. The number of nitrogens with one attached hydrogen (secondary N) is 3. The van der Waals surface area contributed by atoms with Crippen molar-refractivity contribution < 1.29 is 9.53 Å². The Morgan fingerprint density at radius 3 is 2.85 bits per heavy atom. The molecule has 12 nitrogen and oxygen atoms in total. The number of H-pyrrole nitrogens is 1. The molecule has 1 fully saturated rings. The first-order chi connectivity index (χ1) is 19.3. The van der Waals surface area contributed by atoms with Gasteiger partial charge in [0.25, 0.3) is 0 Å². The van der Waals surface area contributed by atoms with Gasteiger partial charge in [-0.15, -0.1) is 0 Å². The first kappa shape index (κ1) is 25.6. The molecule has 1 amide bonds. The molecule has 1 saturated heterocycles. The van der Waals surface area contributed by atoms with Crippen LogP contribution in [0.25, 0.3) is 22.2 Å². The number of benzene rings is 1. The molecule has 0 aliphatic carbocycles. The summed E-state index contributed by atoms with van der Waals surface area (Å²) in [6.07, 6.45) is 6.34. The van der Waals surface area contributed by atoms with Gasteiger partial charge in [0.05, 0.1) is 29.6 Å². The molecule has 5 aromatic rings. The van der Waals surface area contributed by atoms with Crippen LogP contribution in [0.5, 0.6) is 5.88 Å². The minimum Gasteiger partial charge on any atom is -0.473 e. The smallest absolute Gasteiger partial charge is 0.238 e. The van der Waals surface area contributed by atoms with Crippen LogP contribution in [0, 0.1) is 13.8 Å². The van der Waals surface area contributed by atoms with E-state index in [-0.39, 0.29) is 12.0 Å². The van der Waals surface area contributed by atoms with Crippen LogP contribution < -0.4 is 15.4 Å². The van der Waals surface area contributed by atoms with E-state index in [9.17, 15) is 4.79 Å². The molecule has 0 radical (unpaired) electrons. The Bertz CT molecular complexity index is 1660. The van der Waals surface area contributed by atoms with Crippen LogP contribution in [0.15, 0.2) is 48.9 Å². The molecule has 1 aliphatic rings. The number of nitrogens with zero attached hydrogens (tertiary/aromatic N) is 7. The number of likely N-dealkylation sites (tertiary alicyclic amines) is 1. The third-order valence-corrected chi connectivity index (χ3v) is 7.23. The van der Waals surface area contributed by atoms with E-state index in [1.807, 2.05) is 64.5 Å². The van der Waals surface area contributed by atoms with Crippen molar-refractivity contribution in [2.24, 2.45) is 14.1 Å². The topological polar surface area (TPSA) is 131 Å². The zero-order valence-corrected chi connectivity index (χ0v) is 23.0. The Morgan fingerprint density at radius 1 is 1.20 bits per heavy atom. The number of hydrogen-bond donors (Lipinski definition) is 3. The highest BCUT2D eigenvalue weighted by molar-refractivity contribution is 6.06.